The van der Waals surface area contributed by atoms with Crippen molar-refractivity contribution in [2.24, 2.45) is 0 Å². The van der Waals surface area contributed by atoms with E-state index in [9.17, 15) is 0 Å². The highest BCUT2D eigenvalue weighted by Crippen LogP contribution is 2.29. The van der Waals surface area contributed by atoms with E-state index in [4.69, 9.17) is 16.3 Å². The Balaban J connectivity index is 2.19. The number of nitrogens with zero attached hydrogens (tertiary/aromatic N) is 1. The normalized spacial score (nSPS) is 21.2. The van der Waals surface area contributed by atoms with Crippen LogP contribution in [0.15, 0.2) is 22.7 Å². The minimum atomic E-state index is 0.299. The first kappa shape index (κ1) is 12.2. The molecular weight excluding hydrogens is 289 g/mol. The van der Waals surface area contributed by atoms with Crippen LogP contribution < -0.4 is 4.90 Å². The molecule has 1 saturated heterocycles. The maximum atomic E-state index is 5.81. The summed E-state index contributed by atoms with van der Waals surface area (Å²) < 4.78 is 6.65. The number of hydrogen-bond acceptors (Lipinski definition) is 2. The van der Waals surface area contributed by atoms with Crippen LogP contribution in [0.3, 0.4) is 0 Å². The minimum absolute atomic E-state index is 0.299. The molecule has 0 bridgehead atoms. The highest BCUT2D eigenvalue weighted by molar-refractivity contribution is 9.10. The van der Waals surface area contributed by atoms with Crippen LogP contribution in [-0.4, -0.2) is 25.8 Å². The molecule has 16 heavy (non-hydrogen) atoms. The number of hydrogen-bond donors (Lipinski definition) is 0. The van der Waals surface area contributed by atoms with Gasteiger partial charge in [0.25, 0.3) is 0 Å². The van der Waals surface area contributed by atoms with E-state index in [1.165, 1.54) is 5.69 Å². The summed E-state index contributed by atoms with van der Waals surface area (Å²) in [5, 5.41) is 0. The van der Waals surface area contributed by atoms with Crippen molar-refractivity contribution in [3.8, 4) is 0 Å². The number of halogens is 2. The van der Waals surface area contributed by atoms with E-state index in [0.717, 1.165) is 29.7 Å². The highest BCUT2D eigenvalue weighted by atomic mass is 79.9. The second-order valence-electron chi connectivity index (χ2n) is 4.05. The van der Waals surface area contributed by atoms with Crippen molar-refractivity contribution in [2.75, 3.05) is 24.6 Å². The molecule has 0 N–H and O–H groups in total. The summed E-state index contributed by atoms with van der Waals surface area (Å²) in [5.74, 6) is 0.554. The summed E-state index contributed by atoms with van der Waals surface area (Å²) in [6.07, 6.45) is 0.299. The number of rotatable bonds is 2. The summed E-state index contributed by atoms with van der Waals surface area (Å²) >= 11 is 9.41. The van der Waals surface area contributed by atoms with Gasteiger partial charge in [0.15, 0.2) is 0 Å². The summed E-state index contributed by atoms with van der Waals surface area (Å²) in [5.41, 5.74) is 2.36. The van der Waals surface area contributed by atoms with Crippen molar-refractivity contribution in [3.05, 3.63) is 28.2 Å². The van der Waals surface area contributed by atoms with Gasteiger partial charge in [-0.15, -0.1) is 11.6 Å². The Kier molecular flexibility index (Phi) is 4.11. The third-order valence-electron chi connectivity index (χ3n) is 2.75. The quantitative estimate of drug-likeness (QED) is 0.776. The standard InChI is InChI=1S/C12H15BrClNO/c1-9-8-15(4-5-16-9)12-3-2-10(7-14)6-11(12)13/h2-3,6,9H,4-5,7-8H2,1H3. The summed E-state index contributed by atoms with van der Waals surface area (Å²) in [4.78, 5) is 2.34. The SMILES string of the molecule is CC1CN(c2ccc(CCl)cc2Br)CCO1. The van der Waals surface area contributed by atoms with Gasteiger partial charge in [-0.3, -0.25) is 0 Å². The van der Waals surface area contributed by atoms with Crippen molar-refractivity contribution < 1.29 is 4.74 Å². The van der Waals surface area contributed by atoms with Gasteiger partial charge in [0.05, 0.1) is 18.4 Å². The van der Waals surface area contributed by atoms with Crippen LogP contribution in [0.1, 0.15) is 12.5 Å². The van der Waals surface area contributed by atoms with Crippen LogP contribution in [0.25, 0.3) is 0 Å². The maximum Gasteiger partial charge on any atom is 0.0722 e. The van der Waals surface area contributed by atoms with E-state index in [2.05, 4.69) is 46.0 Å². The van der Waals surface area contributed by atoms with Crippen LogP contribution in [0.2, 0.25) is 0 Å². The molecule has 1 fully saturated rings. The molecule has 1 aromatic rings. The Morgan fingerprint density at radius 1 is 1.56 bits per heavy atom. The second-order valence-corrected chi connectivity index (χ2v) is 5.17. The molecule has 1 atom stereocenters. The number of alkyl halides is 1. The molecule has 0 saturated carbocycles. The minimum Gasteiger partial charge on any atom is -0.375 e. The molecule has 1 unspecified atom stereocenters. The highest BCUT2D eigenvalue weighted by Gasteiger charge is 2.18. The number of morpholine rings is 1. The Bertz CT molecular complexity index is 372. The van der Waals surface area contributed by atoms with Crippen LogP contribution >= 0.6 is 27.5 Å². The maximum absolute atomic E-state index is 5.81. The second kappa shape index (κ2) is 5.39. The molecule has 1 aromatic carbocycles. The lowest BCUT2D eigenvalue weighted by molar-refractivity contribution is 0.0532. The Labute approximate surface area is 110 Å². The third-order valence-corrected chi connectivity index (χ3v) is 3.69. The van der Waals surface area contributed by atoms with Crippen molar-refractivity contribution in [3.63, 3.8) is 0 Å². The van der Waals surface area contributed by atoms with Gasteiger partial charge in [-0.05, 0) is 40.5 Å². The van der Waals surface area contributed by atoms with Gasteiger partial charge in [0.1, 0.15) is 0 Å². The van der Waals surface area contributed by atoms with Gasteiger partial charge >= 0.3 is 0 Å². The molecule has 0 spiro atoms. The lowest BCUT2D eigenvalue weighted by atomic mass is 10.2. The fourth-order valence-electron chi connectivity index (χ4n) is 1.93. The lowest BCUT2D eigenvalue weighted by Crippen LogP contribution is -2.41. The van der Waals surface area contributed by atoms with E-state index in [1.807, 2.05) is 0 Å². The topological polar surface area (TPSA) is 12.5 Å². The molecule has 0 aromatic heterocycles. The Morgan fingerprint density at radius 3 is 3.00 bits per heavy atom. The summed E-state index contributed by atoms with van der Waals surface area (Å²) in [7, 11) is 0. The van der Waals surface area contributed by atoms with Crippen molar-refractivity contribution in [1.82, 2.24) is 0 Å². The number of benzene rings is 1. The molecule has 0 radical (unpaired) electrons. The molecule has 1 aliphatic rings. The molecule has 1 aliphatic heterocycles. The van der Waals surface area contributed by atoms with Crippen molar-refractivity contribution in [2.45, 2.75) is 18.9 Å². The zero-order valence-corrected chi connectivity index (χ0v) is 11.6. The van der Waals surface area contributed by atoms with E-state index in [1.54, 1.807) is 0 Å². The molecule has 2 rings (SSSR count). The van der Waals surface area contributed by atoms with Crippen LogP contribution in [0.5, 0.6) is 0 Å². The third kappa shape index (κ3) is 2.70. The van der Waals surface area contributed by atoms with Gasteiger partial charge in [0.2, 0.25) is 0 Å². The molecule has 88 valence electrons. The first-order valence-electron chi connectivity index (χ1n) is 5.41. The largest absolute Gasteiger partial charge is 0.375 e. The van der Waals surface area contributed by atoms with Gasteiger partial charge in [-0.1, -0.05) is 6.07 Å². The fourth-order valence-corrected chi connectivity index (χ4v) is 2.77. The van der Waals surface area contributed by atoms with Gasteiger partial charge in [-0.25, -0.2) is 0 Å². The zero-order chi connectivity index (χ0) is 11.5. The molecule has 0 amide bonds. The number of ether oxygens (including phenoxy) is 1. The van der Waals surface area contributed by atoms with Crippen LogP contribution in [0, 0.1) is 0 Å². The van der Waals surface area contributed by atoms with E-state index >= 15 is 0 Å². The van der Waals surface area contributed by atoms with Gasteiger partial charge in [0, 0.05) is 23.4 Å². The monoisotopic (exact) mass is 303 g/mol. The predicted molar refractivity (Wildman–Crippen MR) is 71.3 cm³/mol. The van der Waals surface area contributed by atoms with Gasteiger partial charge < -0.3 is 9.64 Å². The molecule has 2 nitrogen and oxygen atoms in total. The fraction of sp³-hybridized carbons (Fsp3) is 0.500. The van der Waals surface area contributed by atoms with E-state index < -0.39 is 0 Å². The Morgan fingerprint density at radius 2 is 2.38 bits per heavy atom. The first-order valence-corrected chi connectivity index (χ1v) is 6.74. The molecular formula is C12H15BrClNO. The zero-order valence-electron chi connectivity index (χ0n) is 9.25. The Hall–Kier alpha value is -0.250. The van der Waals surface area contributed by atoms with E-state index in [0.29, 0.717) is 12.0 Å². The lowest BCUT2D eigenvalue weighted by Gasteiger charge is -2.33. The van der Waals surface area contributed by atoms with Gasteiger partial charge in [-0.2, -0.15) is 0 Å². The summed E-state index contributed by atoms with van der Waals surface area (Å²) in [6.45, 7) is 4.79. The van der Waals surface area contributed by atoms with Crippen molar-refractivity contribution in [1.29, 1.82) is 0 Å². The molecule has 1 heterocycles. The smallest absolute Gasteiger partial charge is 0.0722 e. The van der Waals surface area contributed by atoms with E-state index in [-0.39, 0.29) is 0 Å². The van der Waals surface area contributed by atoms with Crippen molar-refractivity contribution >= 4 is 33.2 Å². The predicted octanol–water partition coefficient (Wildman–Crippen LogP) is 3.41. The molecule has 0 aliphatic carbocycles. The molecule has 4 heteroatoms. The first-order chi connectivity index (χ1) is 7.70. The van der Waals surface area contributed by atoms with Crippen LogP contribution in [-0.2, 0) is 10.6 Å². The summed E-state index contributed by atoms with van der Waals surface area (Å²) in [6, 6.07) is 6.29. The van der Waals surface area contributed by atoms with Crippen LogP contribution in [0.4, 0.5) is 5.69 Å². The number of anilines is 1. The average molecular weight is 305 g/mol. The average Bonchev–Trinajstić information content (AvgIpc) is 2.28.